The van der Waals surface area contributed by atoms with Crippen molar-refractivity contribution in [1.29, 1.82) is 0 Å². The molecule has 18 heteroatoms. The van der Waals surface area contributed by atoms with Crippen molar-refractivity contribution >= 4 is 46.1 Å². The van der Waals surface area contributed by atoms with Crippen LogP contribution in [0, 0.1) is 10.8 Å². The van der Waals surface area contributed by atoms with Crippen molar-refractivity contribution in [2.24, 2.45) is 10.8 Å². The van der Waals surface area contributed by atoms with E-state index < -0.39 is 35.3 Å². The molecule has 372 valence electrons. The molecule has 0 unspecified atom stereocenters. The van der Waals surface area contributed by atoms with E-state index in [2.05, 4.69) is 121 Å². The lowest BCUT2D eigenvalue weighted by Crippen LogP contribution is -2.37. The summed E-state index contributed by atoms with van der Waals surface area (Å²) in [6, 6.07) is 8.91. The molecule has 0 atom stereocenters. The van der Waals surface area contributed by atoms with Crippen molar-refractivity contribution in [1.82, 2.24) is 29.2 Å². The molecule has 6 rings (SSSR count). The Morgan fingerprint density at radius 1 is 0.529 bits per heavy atom. The zero-order valence-electron chi connectivity index (χ0n) is 42.1. The number of nitrogens with one attached hydrogen (secondary N) is 6. The van der Waals surface area contributed by atoms with Gasteiger partial charge in [0.05, 0.1) is 22.5 Å². The number of aromatic nitrogens is 6. The number of carbonyl (C=O) groups is 2. The molecule has 0 bridgehead atoms. The van der Waals surface area contributed by atoms with E-state index in [0.717, 1.165) is 60.1 Å². The highest BCUT2D eigenvalue weighted by molar-refractivity contribution is 6.09. The number of anilines is 4. The summed E-state index contributed by atoms with van der Waals surface area (Å²) in [4.78, 5) is 35.6. The minimum absolute atomic E-state index is 0.0615. The predicted octanol–water partition coefficient (Wildman–Crippen LogP) is 13.7. The Balaban J connectivity index is 0.000000254. The lowest BCUT2D eigenvalue weighted by atomic mass is 9.81. The van der Waals surface area contributed by atoms with E-state index in [0.29, 0.717) is 16.9 Å². The van der Waals surface area contributed by atoms with Crippen molar-refractivity contribution in [2.75, 3.05) is 21.3 Å². The van der Waals surface area contributed by atoms with Crippen LogP contribution in [0.15, 0.2) is 60.9 Å². The number of fused-ring (bicyclic) bond motifs is 2. The largest absolute Gasteiger partial charge is 0.416 e. The van der Waals surface area contributed by atoms with Crippen LogP contribution in [0.4, 0.5) is 49.4 Å². The van der Waals surface area contributed by atoms with Crippen LogP contribution in [0.3, 0.4) is 0 Å². The molecule has 0 saturated heterocycles. The molecule has 0 fully saturated rings. The third-order valence-electron chi connectivity index (χ3n) is 10.6. The number of halogens is 6. The molecule has 2 aromatic carbocycles. The molecular weight excluding hydrogens is 887 g/mol. The maximum Gasteiger partial charge on any atom is 0.416 e. The number of aromatic amines is 2. The van der Waals surface area contributed by atoms with Crippen LogP contribution in [-0.4, -0.2) is 52.1 Å². The van der Waals surface area contributed by atoms with Gasteiger partial charge in [-0.1, -0.05) is 89.2 Å². The number of benzene rings is 2. The van der Waals surface area contributed by atoms with E-state index in [1.54, 1.807) is 15.2 Å². The fraction of sp³-hybridized carbons (Fsp3) is 0.520. The third-order valence-corrected chi connectivity index (χ3v) is 10.6. The number of alkyl halides is 6. The summed E-state index contributed by atoms with van der Waals surface area (Å²) in [6.07, 6.45) is -4.07. The molecule has 6 N–H and O–H groups in total. The monoisotopic (exact) mass is 955 g/mol. The van der Waals surface area contributed by atoms with Crippen molar-refractivity contribution in [3.63, 3.8) is 0 Å². The highest BCUT2D eigenvalue weighted by atomic mass is 19.4. The second kappa shape index (κ2) is 18.2. The Hall–Kier alpha value is -5.94. The fourth-order valence-electron chi connectivity index (χ4n) is 8.75. The van der Waals surface area contributed by atoms with Gasteiger partial charge < -0.3 is 21.3 Å². The number of imidazole rings is 2. The van der Waals surface area contributed by atoms with Gasteiger partial charge in [-0.2, -0.15) is 26.3 Å². The molecule has 0 aliphatic heterocycles. The molecule has 4 heterocycles. The Labute approximate surface area is 394 Å². The number of H-pyrrole nitrogens is 2. The molecule has 0 spiro atoms. The van der Waals surface area contributed by atoms with Crippen LogP contribution in [-0.2, 0) is 23.2 Å². The molecule has 6 aromatic rings. The molecular formula is C50H68F6N10O2. The summed E-state index contributed by atoms with van der Waals surface area (Å²) in [5.74, 6) is 0.536. The molecule has 0 aliphatic rings. The van der Waals surface area contributed by atoms with Crippen molar-refractivity contribution in [3.8, 4) is 0 Å². The SMILES string of the molecule is CC(C)(C)CC(C)(C)Nc1c(C(C)(C)C)nc2c(C(=O)Nc3ccc(C(F)(F)F)cc3)c[nH]n12.CC(C)(C)CC(C)(C)Nc1c(C(C)(C)C)nc2c(C(=O)Nc3cccc(C(F)(F)F)c3)c[nH]n12. The van der Waals surface area contributed by atoms with E-state index in [4.69, 9.17) is 9.97 Å². The maximum absolute atomic E-state index is 13.0. The first kappa shape index (κ1) is 53.0. The van der Waals surface area contributed by atoms with Crippen molar-refractivity contribution in [3.05, 3.63) is 94.6 Å². The lowest BCUT2D eigenvalue weighted by Gasteiger charge is -2.34. The molecule has 68 heavy (non-hydrogen) atoms. The van der Waals surface area contributed by atoms with Crippen LogP contribution >= 0.6 is 0 Å². The van der Waals surface area contributed by atoms with E-state index in [1.807, 2.05) is 20.8 Å². The van der Waals surface area contributed by atoms with Gasteiger partial charge in [0.15, 0.2) is 22.9 Å². The van der Waals surface area contributed by atoms with Gasteiger partial charge in [0.2, 0.25) is 0 Å². The normalized spacial score (nSPS) is 13.4. The number of hydrogen-bond donors (Lipinski definition) is 6. The molecule has 2 amide bonds. The molecule has 0 saturated carbocycles. The quantitative estimate of drug-likeness (QED) is 0.0753. The Morgan fingerprint density at radius 3 is 1.26 bits per heavy atom. The second-order valence-corrected chi connectivity index (χ2v) is 23.4. The van der Waals surface area contributed by atoms with Gasteiger partial charge >= 0.3 is 12.4 Å². The van der Waals surface area contributed by atoms with Crippen LogP contribution in [0.25, 0.3) is 11.3 Å². The molecule has 0 radical (unpaired) electrons. The average Bonchev–Trinajstić information content (AvgIpc) is 3.91. The number of carbonyl (C=O) groups excluding carboxylic acids is 2. The standard InChI is InChI=1S/2C25H34F3N5O/c1-22(2,3)14-24(7,8)32-20-18(23(4,5)6)31-19-17(13-29-33(19)20)21(34)30-16-11-9-15(10-12-16)25(26,27)28;1-22(2,3)14-24(7,8)32-20-18(23(4,5)6)31-19-17(13-29-33(19)20)21(34)30-16-11-9-10-15(12-16)25(26,27)28/h2*9-13,29,32H,14H2,1-8H3,(H,30,34). The first-order valence-electron chi connectivity index (χ1n) is 22.5. The van der Waals surface area contributed by atoms with E-state index in [-0.39, 0.29) is 49.7 Å². The fourth-order valence-corrected chi connectivity index (χ4v) is 8.75. The Morgan fingerprint density at radius 2 is 0.912 bits per heavy atom. The van der Waals surface area contributed by atoms with Crippen LogP contribution in [0.1, 0.15) is 167 Å². The number of hydrogen-bond acceptors (Lipinski definition) is 6. The van der Waals surface area contributed by atoms with Crippen molar-refractivity contribution < 1.29 is 35.9 Å². The Kier molecular flexibility index (Phi) is 14.2. The van der Waals surface area contributed by atoms with Gasteiger partial charge in [0.25, 0.3) is 11.8 Å². The summed E-state index contributed by atoms with van der Waals surface area (Å²) in [7, 11) is 0. The summed E-state index contributed by atoms with van der Waals surface area (Å²) in [5, 5.41) is 18.7. The zero-order chi connectivity index (χ0) is 51.4. The van der Waals surface area contributed by atoms with Crippen molar-refractivity contribution in [2.45, 2.75) is 158 Å². The average molecular weight is 955 g/mol. The first-order chi connectivity index (χ1) is 30.7. The summed E-state index contributed by atoms with van der Waals surface area (Å²) in [5.41, 5.74) is 0.786. The van der Waals surface area contributed by atoms with Gasteiger partial charge in [-0.05, 0) is 93.8 Å². The minimum Gasteiger partial charge on any atom is -0.364 e. The van der Waals surface area contributed by atoms with Gasteiger partial charge in [-0.15, -0.1) is 0 Å². The van der Waals surface area contributed by atoms with Gasteiger partial charge in [0, 0.05) is 45.7 Å². The lowest BCUT2D eigenvalue weighted by molar-refractivity contribution is -0.138. The first-order valence-corrected chi connectivity index (χ1v) is 22.5. The molecule has 0 aliphatic carbocycles. The summed E-state index contributed by atoms with van der Waals surface area (Å²) in [6.45, 7) is 33.9. The molecule has 4 aromatic heterocycles. The van der Waals surface area contributed by atoms with E-state index >= 15 is 0 Å². The number of amides is 2. The predicted molar refractivity (Wildman–Crippen MR) is 259 cm³/mol. The minimum atomic E-state index is -4.49. The molecule has 12 nitrogen and oxygen atoms in total. The number of rotatable bonds is 10. The maximum atomic E-state index is 13.0. The number of nitrogens with zero attached hydrogens (tertiary/aromatic N) is 4. The summed E-state index contributed by atoms with van der Waals surface area (Å²) >= 11 is 0. The van der Waals surface area contributed by atoms with Gasteiger partial charge in [-0.25, -0.2) is 19.0 Å². The van der Waals surface area contributed by atoms with E-state index in [9.17, 15) is 35.9 Å². The topological polar surface area (TPSA) is 148 Å². The van der Waals surface area contributed by atoms with Crippen LogP contribution < -0.4 is 21.3 Å². The smallest absolute Gasteiger partial charge is 0.364 e. The highest BCUT2D eigenvalue weighted by Crippen LogP contribution is 2.38. The highest BCUT2D eigenvalue weighted by Gasteiger charge is 2.36. The van der Waals surface area contributed by atoms with Gasteiger partial charge in [-0.3, -0.25) is 19.8 Å². The zero-order valence-corrected chi connectivity index (χ0v) is 42.1. The van der Waals surface area contributed by atoms with Crippen LogP contribution in [0.5, 0.6) is 0 Å². The Bertz CT molecular complexity index is 2740. The summed E-state index contributed by atoms with van der Waals surface area (Å²) < 4.78 is 81.1. The third kappa shape index (κ3) is 13.2. The second-order valence-electron chi connectivity index (χ2n) is 23.4. The van der Waals surface area contributed by atoms with Gasteiger partial charge in [0.1, 0.15) is 11.1 Å². The van der Waals surface area contributed by atoms with Crippen LogP contribution in [0.2, 0.25) is 0 Å². The van der Waals surface area contributed by atoms with E-state index in [1.165, 1.54) is 30.5 Å².